The van der Waals surface area contributed by atoms with Gasteiger partial charge in [0.15, 0.2) is 0 Å². The zero-order chi connectivity index (χ0) is 32.9. The molecule has 46 heavy (non-hydrogen) atoms. The van der Waals surface area contributed by atoms with Gasteiger partial charge in [-0.05, 0) is 86.5 Å². The predicted octanol–water partition coefficient (Wildman–Crippen LogP) is 6.03. The molecule has 9 nitrogen and oxygen atoms in total. The van der Waals surface area contributed by atoms with E-state index in [1.165, 1.54) is 11.1 Å². The Kier molecular flexibility index (Phi) is 7.45. The van der Waals surface area contributed by atoms with Crippen LogP contribution in [-0.2, 0) is 28.7 Å². The molecule has 0 aromatic rings. The van der Waals surface area contributed by atoms with E-state index in [0.717, 1.165) is 42.6 Å². The molecule has 0 bridgehead atoms. The van der Waals surface area contributed by atoms with Crippen LogP contribution in [0.25, 0.3) is 0 Å². The van der Waals surface area contributed by atoms with E-state index >= 15 is 0 Å². The first kappa shape index (κ1) is 31.7. The number of allylic oxidation sites excluding steroid dienone is 2. The number of carbonyl (C=O) groups is 4. The molecule has 3 aliphatic heterocycles. The number of halogens is 3. The first-order chi connectivity index (χ1) is 21.6. The first-order valence-electron chi connectivity index (χ1n) is 16.8. The summed E-state index contributed by atoms with van der Waals surface area (Å²) in [7, 11) is 0. The van der Waals surface area contributed by atoms with Crippen molar-refractivity contribution in [3.05, 3.63) is 22.8 Å². The van der Waals surface area contributed by atoms with Crippen LogP contribution >= 0.6 is 0 Å². The fraction of sp³-hybridized carbons (Fsp3) is 0.765. The van der Waals surface area contributed by atoms with Crippen LogP contribution in [0.1, 0.15) is 91.9 Å². The second kappa shape index (κ2) is 10.8. The number of imide groups is 1. The summed E-state index contributed by atoms with van der Waals surface area (Å²) in [5, 5.41) is 0.499. The molecule has 5 fully saturated rings. The number of alkyl halides is 3. The molecule has 12 heteroatoms. The zero-order valence-electron chi connectivity index (χ0n) is 26.9. The van der Waals surface area contributed by atoms with Crippen molar-refractivity contribution in [2.45, 2.75) is 122 Å². The van der Waals surface area contributed by atoms with Crippen LogP contribution in [0.15, 0.2) is 22.8 Å². The third kappa shape index (κ3) is 4.74. The van der Waals surface area contributed by atoms with Gasteiger partial charge >= 0.3 is 18.2 Å². The summed E-state index contributed by atoms with van der Waals surface area (Å²) in [5.74, 6) is -1.97. The van der Waals surface area contributed by atoms with Gasteiger partial charge in [-0.2, -0.15) is 13.2 Å². The Hall–Kier alpha value is -2.89. The van der Waals surface area contributed by atoms with E-state index in [4.69, 9.17) is 14.3 Å². The van der Waals surface area contributed by atoms with Crippen LogP contribution in [0.4, 0.5) is 18.0 Å². The second-order valence-electron chi connectivity index (χ2n) is 15.2. The number of likely N-dealkylation sites (tertiary alicyclic amines) is 1. The van der Waals surface area contributed by atoms with E-state index in [1.807, 2.05) is 13.8 Å². The van der Waals surface area contributed by atoms with Gasteiger partial charge < -0.3 is 14.4 Å². The summed E-state index contributed by atoms with van der Waals surface area (Å²) in [4.78, 5) is 54.7. The van der Waals surface area contributed by atoms with Gasteiger partial charge in [0, 0.05) is 31.7 Å². The summed E-state index contributed by atoms with van der Waals surface area (Å²) in [6.07, 6.45) is 1.65. The van der Waals surface area contributed by atoms with Gasteiger partial charge in [0.25, 0.3) is 11.8 Å². The molecular weight excluding hydrogens is 605 g/mol. The number of ether oxygens (including phenoxy) is 2. The van der Waals surface area contributed by atoms with Crippen molar-refractivity contribution in [1.29, 1.82) is 0 Å². The van der Waals surface area contributed by atoms with E-state index in [0.29, 0.717) is 42.1 Å². The molecule has 7 aliphatic rings. The highest BCUT2D eigenvalue weighted by Crippen LogP contribution is 2.65. The maximum atomic E-state index is 13.7. The number of hydroxylamine groups is 2. The Morgan fingerprint density at radius 3 is 2.48 bits per heavy atom. The molecule has 2 saturated carbocycles. The topological polar surface area (TPSA) is 102 Å². The average molecular weight is 649 g/mol. The highest BCUT2D eigenvalue weighted by atomic mass is 19.4. The first-order valence-corrected chi connectivity index (χ1v) is 16.8. The van der Waals surface area contributed by atoms with E-state index in [9.17, 15) is 32.3 Å². The minimum atomic E-state index is -4.92. The molecule has 0 radical (unpaired) electrons. The van der Waals surface area contributed by atoms with Crippen molar-refractivity contribution in [1.82, 2.24) is 9.96 Å². The summed E-state index contributed by atoms with van der Waals surface area (Å²) >= 11 is 0. The normalized spacial score (nSPS) is 42.0. The van der Waals surface area contributed by atoms with Gasteiger partial charge in [-0.15, -0.1) is 0 Å². The summed E-state index contributed by atoms with van der Waals surface area (Å²) in [6.45, 7) is 8.38. The molecule has 4 aliphatic carbocycles. The fourth-order valence-electron chi connectivity index (χ4n) is 10.7. The molecule has 3 heterocycles. The van der Waals surface area contributed by atoms with Crippen molar-refractivity contribution < 1.29 is 46.7 Å². The fourth-order valence-corrected chi connectivity index (χ4v) is 10.7. The van der Waals surface area contributed by atoms with Gasteiger partial charge in [-0.1, -0.05) is 43.1 Å². The van der Waals surface area contributed by atoms with Crippen molar-refractivity contribution >= 4 is 23.9 Å². The van der Waals surface area contributed by atoms with Gasteiger partial charge in [0.05, 0.1) is 17.7 Å². The largest absolute Gasteiger partial charge is 0.534 e. The second-order valence-corrected chi connectivity index (χ2v) is 15.2. The molecule has 0 unspecified atom stereocenters. The lowest BCUT2D eigenvalue weighted by atomic mass is 9.56. The molecule has 3 saturated heterocycles. The number of nitrogens with zero attached hydrogens (tertiary/aromatic N) is 2. The molecule has 1 spiro atoms. The molecule has 10 atom stereocenters. The lowest BCUT2D eigenvalue weighted by Gasteiger charge is -2.49. The molecule has 0 N–H and O–H groups in total. The van der Waals surface area contributed by atoms with Gasteiger partial charge in [0.2, 0.25) is 0 Å². The summed E-state index contributed by atoms with van der Waals surface area (Å²) < 4.78 is 53.4. The van der Waals surface area contributed by atoms with E-state index in [2.05, 4.69) is 19.9 Å². The highest BCUT2D eigenvalue weighted by Gasteiger charge is 2.63. The quantitative estimate of drug-likeness (QED) is 0.205. The molecular formula is C34H43F3N2O7. The smallest absolute Gasteiger partial charge is 0.429 e. The molecule has 252 valence electrons. The molecule has 7 rings (SSSR count). The van der Waals surface area contributed by atoms with Gasteiger partial charge in [-0.25, -0.2) is 4.79 Å². The average Bonchev–Trinajstić information content (AvgIpc) is 3.62. The minimum Gasteiger partial charge on any atom is -0.429 e. The van der Waals surface area contributed by atoms with Crippen LogP contribution in [0, 0.1) is 35.0 Å². The van der Waals surface area contributed by atoms with Crippen LogP contribution in [0.2, 0.25) is 0 Å². The monoisotopic (exact) mass is 648 g/mol. The van der Waals surface area contributed by atoms with Crippen LogP contribution in [-0.4, -0.2) is 70.4 Å². The van der Waals surface area contributed by atoms with Crippen molar-refractivity contribution in [2.24, 2.45) is 35.0 Å². The van der Waals surface area contributed by atoms with Crippen molar-refractivity contribution in [2.75, 3.05) is 6.54 Å². The maximum Gasteiger partial charge on any atom is 0.534 e. The Balaban J connectivity index is 1.08. The van der Waals surface area contributed by atoms with Gasteiger partial charge in [0.1, 0.15) is 6.10 Å². The lowest BCUT2D eigenvalue weighted by Crippen LogP contribution is -2.57. The number of carbonyl (C=O) groups excluding carboxylic acids is 4. The van der Waals surface area contributed by atoms with Crippen molar-refractivity contribution in [3.8, 4) is 0 Å². The van der Waals surface area contributed by atoms with E-state index < -0.39 is 53.9 Å². The summed E-state index contributed by atoms with van der Waals surface area (Å²) in [6, 6.07) is -0.601. The van der Waals surface area contributed by atoms with Crippen LogP contribution in [0.3, 0.4) is 0 Å². The summed E-state index contributed by atoms with van der Waals surface area (Å²) in [5.41, 5.74) is 3.02. The van der Waals surface area contributed by atoms with Crippen LogP contribution in [0.5, 0.6) is 0 Å². The van der Waals surface area contributed by atoms with E-state index in [1.54, 1.807) is 0 Å². The third-order valence-electron chi connectivity index (χ3n) is 12.9. The Bertz CT molecular complexity index is 1410. The number of hydrogen-bond donors (Lipinski definition) is 0. The number of piperidine rings is 1. The molecule has 0 aromatic heterocycles. The van der Waals surface area contributed by atoms with Crippen molar-refractivity contribution in [3.63, 3.8) is 0 Å². The molecule has 0 aromatic carbocycles. The number of hydrogen-bond acceptors (Lipinski definition) is 7. The Morgan fingerprint density at radius 1 is 1.07 bits per heavy atom. The standard InChI is InChI=1S/C34H43F3N2O7/c1-17-13-26-29(38(16-17)30(42)34(35,36)37)19(3)33(45-26)12-10-22-23-6-5-20-14-21(44-31(43)46-39-27(40)7-8-28(39)41)9-11-32(20,4)25(23)15-24(22)18(33)2/h5,17,19,21-23,25-26,29H,6-16H2,1-4H3/t17-,19+,21-,22-,23-,25-,26+,29-,32-,33-/m0/s1. The zero-order valence-corrected chi connectivity index (χ0v) is 26.9. The lowest BCUT2D eigenvalue weighted by molar-refractivity contribution is -0.192. The Morgan fingerprint density at radius 2 is 1.78 bits per heavy atom. The van der Waals surface area contributed by atoms with Crippen LogP contribution < -0.4 is 0 Å². The maximum absolute atomic E-state index is 13.7. The number of rotatable bonds is 2. The number of amides is 3. The van der Waals surface area contributed by atoms with Gasteiger partial charge in [-0.3, -0.25) is 19.2 Å². The highest BCUT2D eigenvalue weighted by molar-refractivity contribution is 6.01. The SMILES string of the molecule is CC1=C2C[C@H]3[C@@H](CC=C4C[C@@H](OC(=O)ON5C(=O)CCC5=O)CC[C@@]43C)[C@@H]2CC[C@]12O[C@@H]1C[C@H](C)CN(C(=O)C(F)(F)F)[C@H]1[C@H]2C. The third-order valence-corrected chi connectivity index (χ3v) is 12.9. The number of fused-ring (bicyclic) bond motifs is 6. The predicted molar refractivity (Wildman–Crippen MR) is 156 cm³/mol. The Labute approximate surface area is 266 Å². The molecule has 3 amide bonds. The van der Waals surface area contributed by atoms with E-state index in [-0.39, 0.29) is 36.6 Å². The minimum absolute atomic E-state index is 0.0168.